The topological polar surface area (TPSA) is 0 Å². The highest BCUT2D eigenvalue weighted by atomic mass is 127. The highest BCUT2D eigenvalue weighted by Crippen LogP contribution is 2.38. The van der Waals surface area contributed by atoms with Crippen molar-refractivity contribution >= 4 is 21.8 Å². The molecule has 0 aliphatic rings. The molecule has 0 nitrogen and oxygen atoms in total. The van der Waals surface area contributed by atoms with E-state index in [-0.39, 0.29) is 43.0 Å². The van der Waals surface area contributed by atoms with Gasteiger partial charge >= 0.3 is 21.2 Å². The molecule has 8 aromatic carbocycles. The Hall–Kier alpha value is -4.81. The van der Waals surface area contributed by atoms with Crippen molar-refractivity contribution in [1.82, 2.24) is 0 Å². The van der Waals surface area contributed by atoms with Crippen LogP contribution in [-0.4, -0.2) is 0 Å². The van der Waals surface area contributed by atoms with Crippen molar-refractivity contribution < 1.29 is 21.2 Å². The van der Waals surface area contributed by atoms with Gasteiger partial charge in [-0.25, -0.2) is 0 Å². The molecule has 0 amide bonds. The van der Waals surface area contributed by atoms with Crippen LogP contribution in [0.1, 0.15) is 66.8 Å². The smallest absolute Gasteiger partial charge is 0.0587 e. The third-order valence-electron chi connectivity index (χ3n) is 12.3. The molecule has 0 saturated carbocycles. The van der Waals surface area contributed by atoms with Crippen LogP contribution in [0.4, 0.5) is 0 Å². The largest absolute Gasteiger partial charge is 0.357 e. The second kappa shape index (κ2) is 19.1. The summed E-state index contributed by atoms with van der Waals surface area (Å²) in [6, 6.07) is 64.7. The number of rotatable bonds is 12. The molecule has 61 heavy (non-hydrogen) atoms. The molecule has 0 aliphatic carbocycles. The zero-order valence-electron chi connectivity index (χ0n) is 36.8. The van der Waals surface area contributed by atoms with Crippen LogP contribution in [0.25, 0.3) is 0 Å². The molecule has 0 radical (unpaired) electrons. The fourth-order valence-electron chi connectivity index (χ4n) is 7.94. The molecule has 0 unspecified atom stereocenters. The van der Waals surface area contributed by atoms with E-state index in [4.69, 9.17) is 0 Å². The van der Waals surface area contributed by atoms with E-state index < -0.39 is 0 Å². The summed E-state index contributed by atoms with van der Waals surface area (Å²) in [6.07, 6.45) is 1.88. The predicted molar refractivity (Wildman–Crippen MR) is 257 cm³/mol. The third kappa shape index (κ3) is 9.65. The number of aryl methyl sites for hydroxylation is 4. The summed E-state index contributed by atoms with van der Waals surface area (Å²) in [7, 11) is -0.324. The molecule has 8 aromatic rings. The minimum Gasteiger partial charge on any atom is -0.0587 e. The van der Waals surface area contributed by atoms with Gasteiger partial charge in [-0.2, -0.15) is 0 Å². The Morgan fingerprint density at radius 1 is 0.295 bits per heavy atom. The molecule has 0 heterocycles. The lowest BCUT2D eigenvalue weighted by molar-refractivity contribution is -0.597. The highest BCUT2D eigenvalue weighted by molar-refractivity contribution is 7.97. The van der Waals surface area contributed by atoms with Crippen LogP contribution in [0.3, 0.4) is 0 Å². The van der Waals surface area contributed by atoms with E-state index in [1.807, 2.05) is 0 Å². The van der Waals surface area contributed by atoms with Crippen LogP contribution in [0.15, 0.2) is 199 Å². The first-order valence-electron chi connectivity index (χ1n) is 21.3. The summed E-state index contributed by atoms with van der Waals surface area (Å²) in [4.78, 5) is 8.45. The second-order valence-corrected chi connectivity index (χ2v) is 23.4. The first-order chi connectivity index (χ1) is 29.5. The van der Waals surface area contributed by atoms with Gasteiger partial charge in [0.25, 0.3) is 0 Å². The van der Waals surface area contributed by atoms with Crippen molar-refractivity contribution in [1.29, 1.82) is 0 Å². The first-order valence-corrected chi connectivity index (χ1v) is 25.9. The van der Waals surface area contributed by atoms with E-state index in [1.165, 1.54) is 103 Å². The lowest BCUT2D eigenvalue weighted by Crippen LogP contribution is -3.61. The Bertz CT molecular complexity index is 2480. The highest BCUT2D eigenvalue weighted by Gasteiger charge is 2.34. The van der Waals surface area contributed by atoms with E-state index in [2.05, 4.69) is 225 Å². The Labute approximate surface area is 381 Å². The lowest BCUT2D eigenvalue weighted by Gasteiger charge is -2.15. The van der Waals surface area contributed by atoms with Gasteiger partial charge in [-0.3, -0.25) is 0 Å². The average Bonchev–Trinajstić information content (AvgIpc) is 3.26. The molecule has 0 bridgehead atoms. The van der Waals surface area contributed by atoms with Crippen LogP contribution >= 0.6 is 0 Å². The van der Waals surface area contributed by atoms with Gasteiger partial charge in [-0.1, -0.05) is 97.1 Å². The number of halogens is 1. The van der Waals surface area contributed by atoms with E-state index in [0.29, 0.717) is 0 Å². The van der Waals surface area contributed by atoms with Crippen LogP contribution < -0.4 is 21.2 Å². The normalized spacial score (nSPS) is 11.4. The van der Waals surface area contributed by atoms with Gasteiger partial charge in [-0.05, 0) is 186 Å². The maximum absolute atomic E-state index is 2.37. The molecule has 8 rings (SSSR count). The van der Waals surface area contributed by atoms with E-state index in [0.717, 1.165) is 12.8 Å². The molecule has 0 N–H and O–H groups in total. The summed E-state index contributed by atoms with van der Waals surface area (Å²) in [5.41, 5.74) is 16.4. The van der Waals surface area contributed by atoms with Crippen molar-refractivity contribution in [3.63, 3.8) is 0 Å². The van der Waals surface area contributed by atoms with E-state index >= 15 is 0 Å². The summed E-state index contributed by atoms with van der Waals surface area (Å²) in [5, 5.41) is 0. The second-order valence-electron chi connectivity index (χ2n) is 16.4. The summed E-state index contributed by atoms with van der Waals surface area (Å²) in [5.74, 6) is 0. The molecule has 0 fully saturated rings. The van der Waals surface area contributed by atoms with Gasteiger partial charge in [0.15, 0.2) is 36.5 Å². The zero-order valence-corrected chi connectivity index (χ0v) is 40.6. The quantitative estimate of drug-likeness (QED) is 0.0846. The third-order valence-corrected chi connectivity index (χ3v) is 20.0. The van der Waals surface area contributed by atoms with Crippen molar-refractivity contribution in [2.45, 2.75) is 97.6 Å². The Kier molecular flexibility index (Phi) is 13.4. The molecule has 0 spiro atoms. The van der Waals surface area contributed by atoms with Crippen LogP contribution in [0, 0.1) is 62.5 Å². The van der Waals surface area contributed by atoms with E-state index in [1.54, 1.807) is 0 Å². The average molecular weight is 944 g/mol. The summed E-state index contributed by atoms with van der Waals surface area (Å²) >= 11 is -0.251. The predicted octanol–water partition coefficient (Wildman–Crippen LogP) is 11.7. The number of benzene rings is 8. The van der Waals surface area contributed by atoms with Crippen molar-refractivity contribution in [2.24, 2.45) is 0 Å². The molecule has 0 atom stereocenters. The maximum atomic E-state index is 2.37. The van der Waals surface area contributed by atoms with Gasteiger partial charge in [0.05, 0.1) is 21.8 Å². The molecular formula is C58H56IS2+3. The zero-order chi connectivity index (χ0) is 42.6. The number of hydrogen-bond acceptors (Lipinski definition) is 0. The Balaban J connectivity index is 0.917. The monoisotopic (exact) mass is 943 g/mol. The Morgan fingerprint density at radius 2 is 0.541 bits per heavy atom. The van der Waals surface area contributed by atoms with Gasteiger partial charge in [0.1, 0.15) is 0 Å². The minimum absolute atomic E-state index is 0.162. The fraction of sp³-hybridized carbons (Fsp3) is 0.172. The van der Waals surface area contributed by atoms with Crippen LogP contribution in [0.2, 0.25) is 0 Å². The standard InChI is InChI=1S/C58H56IS2/c1-39-13-9-17-55(43(39)5)60(56-18-10-14-40(2)44(56)6)53-33-25-49(26-34-53)37-47-21-29-51(30-22-47)59-52-31-23-48(24-32-52)38-50-27-35-54(36-28-50)61(57-19-11-15-41(3)45(57)7)58-20-12-16-42(4)46(58)8/h9-36H,37-38H2,1-8H3/q+3. The first kappa shape index (κ1) is 42.9. The molecule has 0 saturated heterocycles. The van der Waals surface area contributed by atoms with Crippen LogP contribution in [-0.2, 0) is 34.6 Å². The van der Waals surface area contributed by atoms with Crippen LogP contribution in [0.5, 0.6) is 0 Å². The Morgan fingerprint density at radius 3 is 0.803 bits per heavy atom. The van der Waals surface area contributed by atoms with Crippen molar-refractivity contribution in [3.8, 4) is 0 Å². The minimum atomic E-state index is -0.251. The van der Waals surface area contributed by atoms with Gasteiger partial charge < -0.3 is 0 Å². The van der Waals surface area contributed by atoms with Gasteiger partial charge in [-0.15, -0.1) is 0 Å². The lowest BCUT2D eigenvalue weighted by atomic mass is 10.1. The molecule has 0 aromatic heterocycles. The van der Waals surface area contributed by atoms with Crippen molar-refractivity contribution in [3.05, 3.63) is 244 Å². The molecule has 3 heteroatoms. The molecular weight excluding hydrogens is 888 g/mol. The summed E-state index contributed by atoms with van der Waals surface area (Å²) in [6.45, 7) is 18.0. The maximum Gasteiger partial charge on any atom is 0.357 e. The van der Waals surface area contributed by atoms with Gasteiger partial charge in [0.2, 0.25) is 0 Å². The van der Waals surface area contributed by atoms with Crippen molar-refractivity contribution in [2.75, 3.05) is 0 Å². The number of hydrogen-bond donors (Lipinski definition) is 0. The SMILES string of the molecule is Cc1cccc([S+](c2ccc(Cc3ccc([I+]c4ccc(Cc5ccc([S+](c6cccc(C)c6C)c6cccc(C)c6C)cc5)cc4)cc3)cc2)c2cccc(C)c2C)c1C. The summed E-state index contributed by atoms with van der Waals surface area (Å²) < 4.78 is 2.91. The van der Waals surface area contributed by atoms with E-state index in [9.17, 15) is 0 Å². The molecule has 0 aliphatic heterocycles. The van der Waals surface area contributed by atoms with Gasteiger partial charge in [0, 0.05) is 22.3 Å². The fourth-order valence-corrected chi connectivity index (χ4v) is 15.1. The molecule has 304 valence electrons.